The molecule has 1 atom stereocenters. The van der Waals surface area contributed by atoms with Crippen molar-refractivity contribution >= 4 is 29.1 Å². The quantitative estimate of drug-likeness (QED) is 0.805. The van der Waals surface area contributed by atoms with Gasteiger partial charge in [0, 0.05) is 7.05 Å². The van der Waals surface area contributed by atoms with Crippen molar-refractivity contribution in [3.05, 3.63) is 17.5 Å². The van der Waals surface area contributed by atoms with Gasteiger partial charge in [0.05, 0.1) is 16.5 Å². The largest absolute Gasteiger partial charge is 0.464 e. The molecule has 0 amide bonds. The summed E-state index contributed by atoms with van der Waals surface area (Å²) in [5, 5.41) is 11.4. The SMILES string of the molecule is Cn1c(SC2COC(=O)C2)nnc1-c1cccs1. The van der Waals surface area contributed by atoms with E-state index >= 15 is 0 Å². The summed E-state index contributed by atoms with van der Waals surface area (Å²) in [6, 6.07) is 4.01. The maximum absolute atomic E-state index is 11.0. The van der Waals surface area contributed by atoms with Gasteiger partial charge in [0.2, 0.25) is 0 Å². The third-order valence-electron chi connectivity index (χ3n) is 2.67. The summed E-state index contributed by atoms with van der Waals surface area (Å²) >= 11 is 3.18. The number of cyclic esters (lactones) is 1. The Balaban J connectivity index is 1.80. The van der Waals surface area contributed by atoms with Crippen LogP contribution < -0.4 is 0 Å². The monoisotopic (exact) mass is 281 g/mol. The topological polar surface area (TPSA) is 57.0 Å². The number of ether oxygens (including phenoxy) is 1. The number of esters is 1. The van der Waals surface area contributed by atoms with E-state index < -0.39 is 0 Å². The number of hydrogen-bond donors (Lipinski definition) is 0. The third kappa shape index (κ3) is 2.15. The van der Waals surface area contributed by atoms with Gasteiger partial charge in [0.25, 0.3) is 0 Å². The van der Waals surface area contributed by atoms with E-state index in [4.69, 9.17) is 4.74 Å². The first-order valence-corrected chi connectivity index (χ1v) is 7.25. The van der Waals surface area contributed by atoms with E-state index in [-0.39, 0.29) is 11.2 Å². The van der Waals surface area contributed by atoms with Gasteiger partial charge >= 0.3 is 5.97 Å². The van der Waals surface area contributed by atoms with Gasteiger partial charge in [-0.3, -0.25) is 4.79 Å². The molecule has 2 aromatic heterocycles. The molecule has 0 spiro atoms. The average molecular weight is 281 g/mol. The van der Waals surface area contributed by atoms with E-state index in [1.165, 1.54) is 0 Å². The van der Waals surface area contributed by atoms with Crippen molar-refractivity contribution in [3.63, 3.8) is 0 Å². The number of nitrogens with zero attached hydrogens (tertiary/aromatic N) is 3. The molecule has 1 saturated heterocycles. The van der Waals surface area contributed by atoms with Crippen LogP contribution in [0.3, 0.4) is 0 Å². The van der Waals surface area contributed by atoms with E-state index in [1.54, 1.807) is 23.1 Å². The number of thiophene rings is 1. The summed E-state index contributed by atoms with van der Waals surface area (Å²) in [6.07, 6.45) is 0.450. The van der Waals surface area contributed by atoms with E-state index in [2.05, 4.69) is 10.2 Å². The van der Waals surface area contributed by atoms with Crippen molar-refractivity contribution in [1.29, 1.82) is 0 Å². The zero-order valence-corrected chi connectivity index (χ0v) is 11.3. The first kappa shape index (κ1) is 11.7. The van der Waals surface area contributed by atoms with Crippen LogP contribution in [0.1, 0.15) is 6.42 Å². The van der Waals surface area contributed by atoms with Gasteiger partial charge in [0.15, 0.2) is 11.0 Å². The Morgan fingerprint density at radius 1 is 1.56 bits per heavy atom. The summed E-state index contributed by atoms with van der Waals surface area (Å²) in [4.78, 5) is 12.1. The lowest BCUT2D eigenvalue weighted by Crippen LogP contribution is -2.03. The molecule has 0 saturated carbocycles. The van der Waals surface area contributed by atoms with Gasteiger partial charge in [0.1, 0.15) is 6.61 Å². The van der Waals surface area contributed by atoms with Gasteiger partial charge < -0.3 is 9.30 Å². The Kier molecular flexibility index (Phi) is 3.09. The predicted molar refractivity (Wildman–Crippen MR) is 69.5 cm³/mol. The fraction of sp³-hybridized carbons (Fsp3) is 0.364. The highest BCUT2D eigenvalue weighted by atomic mass is 32.2. The Bertz CT molecular complexity index is 565. The highest BCUT2D eigenvalue weighted by Gasteiger charge is 2.26. The minimum absolute atomic E-state index is 0.131. The second kappa shape index (κ2) is 4.74. The van der Waals surface area contributed by atoms with Gasteiger partial charge in [-0.1, -0.05) is 17.8 Å². The molecule has 0 aliphatic carbocycles. The van der Waals surface area contributed by atoms with E-state index in [1.807, 2.05) is 29.1 Å². The van der Waals surface area contributed by atoms with E-state index in [0.29, 0.717) is 13.0 Å². The number of carbonyl (C=O) groups is 1. The van der Waals surface area contributed by atoms with E-state index in [0.717, 1.165) is 15.9 Å². The molecule has 0 radical (unpaired) electrons. The lowest BCUT2D eigenvalue weighted by atomic mass is 10.4. The molecule has 0 N–H and O–H groups in total. The fourth-order valence-electron chi connectivity index (χ4n) is 1.75. The van der Waals surface area contributed by atoms with Crippen LogP contribution in [0, 0.1) is 0 Å². The number of hydrogen-bond acceptors (Lipinski definition) is 6. The van der Waals surface area contributed by atoms with Crippen LogP contribution >= 0.6 is 23.1 Å². The van der Waals surface area contributed by atoms with Gasteiger partial charge in [-0.2, -0.15) is 0 Å². The molecule has 1 aliphatic rings. The molecule has 1 unspecified atom stereocenters. The van der Waals surface area contributed by atoms with Crippen LogP contribution in [0.2, 0.25) is 0 Å². The number of thioether (sulfide) groups is 1. The average Bonchev–Trinajstić information content (AvgIpc) is 3.04. The van der Waals surface area contributed by atoms with Crippen LogP contribution in [0.5, 0.6) is 0 Å². The summed E-state index contributed by atoms with van der Waals surface area (Å²) in [6.45, 7) is 0.463. The molecule has 7 heteroatoms. The molecule has 0 bridgehead atoms. The molecule has 18 heavy (non-hydrogen) atoms. The standard InChI is InChI=1S/C11H11N3O2S2/c1-14-10(8-3-2-4-17-8)12-13-11(14)18-7-5-9(15)16-6-7/h2-4,7H,5-6H2,1H3. The lowest BCUT2D eigenvalue weighted by Gasteiger charge is -2.05. The predicted octanol–water partition coefficient (Wildman–Crippen LogP) is 1.95. The molecule has 3 heterocycles. The van der Waals surface area contributed by atoms with Crippen molar-refractivity contribution in [3.8, 4) is 10.7 Å². The second-order valence-corrected chi connectivity index (χ2v) is 6.18. The minimum atomic E-state index is -0.131. The van der Waals surface area contributed by atoms with Crippen molar-refractivity contribution in [2.45, 2.75) is 16.8 Å². The van der Waals surface area contributed by atoms with Gasteiger partial charge in [-0.15, -0.1) is 21.5 Å². The molecular weight excluding hydrogens is 270 g/mol. The summed E-state index contributed by atoms with van der Waals surface area (Å²) in [5.74, 6) is 0.728. The Labute approximate surface area is 112 Å². The minimum Gasteiger partial charge on any atom is -0.464 e. The molecular formula is C11H11N3O2S2. The molecule has 94 valence electrons. The lowest BCUT2D eigenvalue weighted by molar-refractivity contribution is -0.137. The molecule has 5 nitrogen and oxygen atoms in total. The molecule has 1 aliphatic heterocycles. The van der Waals surface area contributed by atoms with Gasteiger partial charge in [-0.25, -0.2) is 0 Å². The molecule has 1 fully saturated rings. The van der Waals surface area contributed by atoms with Crippen molar-refractivity contribution in [1.82, 2.24) is 14.8 Å². The highest BCUT2D eigenvalue weighted by Crippen LogP contribution is 2.30. The molecule has 0 aromatic carbocycles. The Hall–Kier alpha value is -1.34. The fourth-order valence-corrected chi connectivity index (χ4v) is 3.48. The van der Waals surface area contributed by atoms with Crippen LogP contribution in [-0.4, -0.2) is 32.6 Å². The van der Waals surface area contributed by atoms with Crippen molar-refractivity contribution in [2.75, 3.05) is 6.61 Å². The molecule has 2 aromatic rings. The number of carbonyl (C=O) groups excluding carboxylic acids is 1. The number of rotatable bonds is 3. The van der Waals surface area contributed by atoms with Crippen molar-refractivity contribution in [2.24, 2.45) is 7.05 Å². The van der Waals surface area contributed by atoms with E-state index in [9.17, 15) is 4.79 Å². The van der Waals surface area contributed by atoms with Crippen LogP contribution in [0.15, 0.2) is 22.7 Å². The van der Waals surface area contributed by atoms with Crippen LogP contribution in [-0.2, 0) is 16.6 Å². The van der Waals surface area contributed by atoms with Crippen LogP contribution in [0.25, 0.3) is 10.7 Å². The second-order valence-electron chi connectivity index (χ2n) is 3.97. The maximum atomic E-state index is 11.0. The highest BCUT2D eigenvalue weighted by molar-refractivity contribution is 7.99. The smallest absolute Gasteiger partial charge is 0.307 e. The first-order valence-electron chi connectivity index (χ1n) is 5.49. The zero-order chi connectivity index (χ0) is 12.5. The maximum Gasteiger partial charge on any atom is 0.307 e. The van der Waals surface area contributed by atoms with Crippen LogP contribution in [0.4, 0.5) is 0 Å². The van der Waals surface area contributed by atoms with Crippen molar-refractivity contribution < 1.29 is 9.53 Å². The Morgan fingerprint density at radius 3 is 3.11 bits per heavy atom. The zero-order valence-electron chi connectivity index (χ0n) is 9.70. The normalized spacial score (nSPS) is 19.2. The third-order valence-corrected chi connectivity index (χ3v) is 4.74. The first-order chi connectivity index (χ1) is 8.74. The summed E-state index contributed by atoms with van der Waals surface area (Å²) in [7, 11) is 1.94. The summed E-state index contributed by atoms with van der Waals surface area (Å²) < 4.78 is 6.90. The Morgan fingerprint density at radius 2 is 2.44 bits per heavy atom. The summed E-state index contributed by atoms with van der Waals surface area (Å²) in [5.41, 5.74) is 0. The number of aromatic nitrogens is 3. The van der Waals surface area contributed by atoms with Gasteiger partial charge in [-0.05, 0) is 11.4 Å². The molecule has 3 rings (SSSR count).